The van der Waals surface area contributed by atoms with Crippen molar-refractivity contribution in [2.75, 3.05) is 14.2 Å². The summed E-state index contributed by atoms with van der Waals surface area (Å²) in [5.74, 6) is 2.29. The van der Waals surface area contributed by atoms with E-state index in [4.69, 9.17) is 14.5 Å². The Morgan fingerprint density at radius 3 is 2.56 bits per heavy atom. The maximum Gasteiger partial charge on any atom is 0.230 e. The number of hydrogen-bond acceptors (Lipinski definition) is 4. The van der Waals surface area contributed by atoms with Crippen LogP contribution in [0.5, 0.6) is 11.5 Å². The first kappa shape index (κ1) is 17.1. The number of ether oxygens (including phenoxy) is 2. The molecule has 0 fully saturated rings. The van der Waals surface area contributed by atoms with Crippen LogP contribution in [0, 0.1) is 0 Å². The van der Waals surface area contributed by atoms with Crippen molar-refractivity contribution >= 4 is 34.0 Å². The van der Waals surface area contributed by atoms with Crippen LogP contribution in [0.3, 0.4) is 0 Å². The topological polar surface area (TPSA) is 48.6 Å². The van der Waals surface area contributed by atoms with E-state index in [1.165, 1.54) is 0 Å². The van der Waals surface area contributed by atoms with Gasteiger partial charge in [0.2, 0.25) is 5.95 Å². The second-order valence-electron chi connectivity index (χ2n) is 6.14. The number of nitrogens with zero attached hydrogens (tertiary/aromatic N) is 3. The molecule has 5 heteroatoms. The van der Waals surface area contributed by atoms with Gasteiger partial charge in [0.05, 0.1) is 25.3 Å². The molecule has 136 valence electrons. The summed E-state index contributed by atoms with van der Waals surface area (Å²) in [5.41, 5.74) is 2.99. The summed E-state index contributed by atoms with van der Waals surface area (Å²) in [6.45, 7) is 2.90. The highest BCUT2D eigenvalue weighted by molar-refractivity contribution is 6.06. The molecule has 0 bridgehead atoms. The van der Waals surface area contributed by atoms with E-state index in [0.717, 1.165) is 45.4 Å². The third-order valence-electron chi connectivity index (χ3n) is 4.70. The molecule has 0 saturated carbocycles. The Morgan fingerprint density at radius 1 is 0.963 bits per heavy atom. The molecule has 0 aliphatic heterocycles. The Bertz CT molecular complexity index is 1150. The van der Waals surface area contributed by atoms with Gasteiger partial charge in [-0.2, -0.15) is 0 Å². The lowest BCUT2D eigenvalue weighted by Crippen LogP contribution is -1.95. The maximum atomic E-state index is 5.57. The van der Waals surface area contributed by atoms with Crippen molar-refractivity contribution in [2.45, 2.75) is 13.5 Å². The van der Waals surface area contributed by atoms with Gasteiger partial charge in [-0.1, -0.05) is 24.3 Å². The van der Waals surface area contributed by atoms with Crippen LogP contribution in [0.1, 0.15) is 12.5 Å². The van der Waals surface area contributed by atoms with E-state index in [9.17, 15) is 0 Å². The fourth-order valence-corrected chi connectivity index (χ4v) is 3.43. The summed E-state index contributed by atoms with van der Waals surface area (Å²) in [5, 5.41) is 1.96. The molecule has 1 heterocycles. The number of benzene rings is 3. The molecule has 0 atom stereocenters. The van der Waals surface area contributed by atoms with E-state index < -0.39 is 0 Å². The normalized spacial score (nSPS) is 11.5. The van der Waals surface area contributed by atoms with Gasteiger partial charge in [0.1, 0.15) is 11.5 Å². The molecule has 0 aliphatic rings. The first-order chi connectivity index (χ1) is 13.3. The molecule has 0 radical (unpaired) electrons. The number of imidazole rings is 1. The van der Waals surface area contributed by atoms with Gasteiger partial charge in [0, 0.05) is 29.1 Å². The number of rotatable bonds is 5. The number of aromatic nitrogens is 2. The zero-order valence-electron chi connectivity index (χ0n) is 15.6. The molecule has 3 aromatic carbocycles. The molecule has 0 saturated heterocycles. The number of fused-ring (bicyclic) bond motifs is 2. The molecule has 0 amide bonds. The van der Waals surface area contributed by atoms with Gasteiger partial charge in [-0.25, -0.2) is 9.98 Å². The fraction of sp³-hybridized carbons (Fsp3) is 0.182. The molecule has 1 aromatic heterocycles. The van der Waals surface area contributed by atoms with Gasteiger partial charge in [-0.15, -0.1) is 0 Å². The third-order valence-corrected chi connectivity index (χ3v) is 4.70. The zero-order chi connectivity index (χ0) is 18.8. The minimum Gasteiger partial charge on any atom is -0.496 e. The smallest absolute Gasteiger partial charge is 0.230 e. The standard InChI is InChI=1S/C22H21N3O2/c1-4-25-18-10-6-5-9-17(18)24-22(25)23-14-15-12-13-19(26-2)16-8-7-11-20(27-3)21(15)16/h5-14H,4H2,1-3H3. The minimum atomic E-state index is 0.692. The van der Waals surface area contributed by atoms with Crippen LogP contribution in [-0.4, -0.2) is 30.0 Å². The van der Waals surface area contributed by atoms with E-state index in [1.54, 1.807) is 14.2 Å². The zero-order valence-corrected chi connectivity index (χ0v) is 15.6. The number of methoxy groups -OCH3 is 2. The van der Waals surface area contributed by atoms with Crippen LogP contribution >= 0.6 is 0 Å². The molecule has 0 unspecified atom stereocenters. The summed E-state index contributed by atoms with van der Waals surface area (Å²) >= 11 is 0. The van der Waals surface area contributed by atoms with Crippen molar-refractivity contribution in [1.29, 1.82) is 0 Å². The molecule has 0 N–H and O–H groups in total. The molecule has 4 aromatic rings. The second kappa shape index (κ2) is 7.11. The van der Waals surface area contributed by atoms with Crippen LogP contribution in [-0.2, 0) is 6.54 Å². The van der Waals surface area contributed by atoms with Crippen molar-refractivity contribution < 1.29 is 9.47 Å². The molecule has 4 rings (SSSR count). The van der Waals surface area contributed by atoms with Gasteiger partial charge in [-0.05, 0) is 37.3 Å². The van der Waals surface area contributed by atoms with Crippen LogP contribution in [0.2, 0.25) is 0 Å². The number of hydrogen-bond donors (Lipinski definition) is 0. The SMILES string of the molecule is CCn1c(N=Cc2ccc(OC)c3cccc(OC)c23)nc2ccccc21. The Balaban J connectivity index is 1.87. The highest BCUT2D eigenvalue weighted by Gasteiger charge is 2.11. The number of para-hydroxylation sites is 2. The fourth-order valence-electron chi connectivity index (χ4n) is 3.43. The van der Waals surface area contributed by atoms with Crippen molar-refractivity contribution in [3.8, 4) is 11.5 Å². The Kier molecular flexibility index (Phi) is 4.50. The van der Waals surface area contributed by atoms with Crippen LogP contribution in [0.4, 0.5) is 5.95 Å². The quantitative estimate of drug-likeness (QED) is 0.472. The highest BCUT2D eigenvalue weighted by atomic mass is 16.5. The first-order valence-corrected chi connectivity index (χ1v) is 8.90. The number of aryl methyl sites for hydroxylation is 1. The van der Waals surface area contributed by atoms with E-state index >= 15 is 0 Å². The van der Waals surface area contributed by atoms with E-state index in [1.807, 2.05) is 54.7 Å². The van der Waals surface area contributed by atoms with Crippen LogP contribution in [0.15, 0.2) is 59.6 Å². The average Bonchev–Trinajstić information content (AvgIpc) is 3.08. The van der Waals surface area contributed by atoms with Crippen molar-refractivity contribution in [2.24, 2.45) is 4.99 Å². The Morgan fingerprint density at radius 2 is 1.78 bits per heavy atom. The predicted octanol–water partition coefficient (Wildman–Crippen LogP) is 4.98. The lowest BCUT2D eigenvalue weighted by Gasteiger charge is -2.11. The molecule has 27 heavy (non-hydrogen) atoms. The highest BCUT2D eigenvalue weighted by Crippen LogP contribution is 2.34. The van der Waals surface area contributed by atoms with Crippen molar-refractivity contribution in [3.63, 3.8) is 0 Å². The number of aliphatic imine (C=N–C) groups is 1. The summed E-state index contributed by atoms with van der Waals surface area (Å²) in [6, 6.07) is 18.0. The molecular formula is C22H21N3O2. The molecule has 0 spiro atoms. The van der Waals surface area contributed by atoms with E-state index in [2.05, 4.69) is 22.5 Å². The van der Waals surface area contributed by atoms with Gasteiger partial charge in [0.25, 0.3) is 0 Å². The van der Waals surface area contributed by atoms with E-state index in [0.29, 0.717) is 5.95 Å². The Hall–Kier alpha value is -3.34. The van der Waals surface area contributed by atoms with Gasteiger partial charge in [0.15, 0.2) is 0 Å². The summed E-state index contributed by atoms with van der Waals surface area (Å²) in [7, 11) is 3.34. The van der Waals surface area contributed by atoms with Gasteiger partial charge in [-0.3, -0.25) is 0 Å². The average molecular weight is 359 g/mol. The summed E-state index contributed by atoms with van der Waals surface area (Å²) in [6.07, 6.45) is 1.84. The van der Waals surface area contributed by atoms with Gasteiger partial charge < -0.3 is 14.0 Å². The lowest BCUT2D eigenvalue weighted by atomic mass is 10.0. The van der Waals surface area contributed by atoms with Crippen LogP contribution in [0.25, 0.3) is 21.8 Å². The first-order valence-electron chi connectivity index (χ1n) is 8.90. The lowest BCUT2D eigenvalue weighted by molar-refractivity contribution is 0.415. The van der Waals surface area contributed by atoms with Crippen molar-refractivity contribution in [3.05, 3.63) is 60.2 Å². The van der Waals surface area contributed by atoms with Crippen LogP contribution < -0.4 is 9.47 Å². The van der Waals surface area contributed by atoms with Crippen molar-refractivity contribution in [1.82, 2.24) is 9.55 Å². The van der Waals surface area contributed by atoms with E-state index in [-0.39, 0.29) is 0 Å². The largest absolute Gasteiger partial charge is 0.496 e. The third kappa shape index (κ3) is 2.91. The minimum absolute atomic E-state index is 0.692. The van der Waals surface area contributed by atoms with Gasteiger partial charge >= 0.3 is 0 Å². The monoisotopic (exact) mass is 359 g/mol. The summed E-state index contributed by atoms with van der Waals surface area (Å²) in [4.78, 5) is 9.36. The predicted molar refractivity (Wildman–Crippen MR) is 110 cm³/mol. The maximum absolute atomic E-state index is 5.57. The Labute approximate surface area is 157 Å². The molecule has 5 nitrogen and oxygen atoms in total. The molecular weight excluding hydrogens is 338 g/mol. The second-order valence-corrected chi connectivity index (χ2v) is 6.14. The summed E-state index contributed by atoms with van der Waals surface area (Å²) < 4.78 is 13.2. The molecule has 0 aliphatic carbocycles.